The molecule has 1 N–H and O–H groups in total. The number of benzene rings is 2. The van der Waals surface area contributed by atoms with Crippen LogP contribution in [0.2, 0.25) is 0 Å². The standard InChI is InChI=1S/C19H18FNO3/c1-4-11-5-8-16-14(9-11)19(2,3)18(24)21(16)12-6-7-15(20)13(10-12)17(22)23/h5-10H,4H2,1-3H3,(H,22,23). The van der Waals surface area contributed by atoms with Gasteiger partial charge in [-0.25, -0.2) is 9.18 Å². The first-order valence-electron chi connectivity index (χ1n) is 7.78. The Bertz CT molecular complexity index is 858. The van der Waals surface area contributed by atoms with Crippen LogP contribution in [0.15, 0.2) is 36.4 Å². The molecule has 0 unspecified atom stereocenters. The lowest BCUT2D eigenvalue weighted by Crippen LogP contribution is -2.33. The lowest BCUT2D eigenvalue weighted by atomic mass is 9.85. The van der Waals surface area contributed by atoms with Crippen molar-refractivity contribution in [1.82, 2.24) is 0 Å². The Labute approximate surface area is 139 Å². The first-order valence-corrected chi connectivity index (χ1v) is 7.78. The van der Waals surface area contributed by atoms with E-state index in [4.69, 9.17) is 5.11 Å². The summed E-state index contributed by atoms with van der Waals surface area (Å²) >= 11 is 0. The third-order valence-corrected chi connectivity index (χ3v) is 4.56. The molecule has 1 amide bonds. The number of carboxylic acids is 1. The molecule has 0 aliphatic carbocycles. The molecule has 0 saturated heterocycles. The highest BCUT2D eigenvalue weighted by Gasteiger charge is 2.44. The summed E-state index contributed by atoms with van der Waals surface area (Å²) in [6.07, 6.45) is 0.858. The highest BCUT2D eigenvalue weighted by Crippen LogP contribution is 2.45. The smallest absolute Gasteiger partial charge is 0.338 e. The molecule has 24 heavy (non-hydrogen) atoms. The van der Waals surface area contributed by atoms with Gasteiger partial charge in [-0.3, -0.25) is 9.69 Å². The van der Waals surface area contributed by atoms with Crippen LogP contribution in [0, 0.1) is 5.82 Å². The van der Waals surface area contributed by atoms with Gasteiger partial charge in [-0.05, 0) is 55.7 Å². The number of anilines is 2. The second-order valence-electron chi connectivity index (χ2n) is 6.44. The van der Waals surface area contributed by atoms with Crippen LogP contribution in [-0.4, -0.2) is 17.0 Å². The number of rotatable bonds is 3. The number of carbonyl (C=O) groups is 2. The summed E-state index contributed by atoms with van der Waals surface area (Å²) in [6.45, 7) is 5.73. The maximum absolute atomic E-state index is 13.7. The van der Waals surface area contributed by atoms with E-state index in [1.807, 2.05) is 39.0 Å². The van der Waals surface area contributed by atoms with E-state index in [0.717, 1.165) is 23.6 Å². The van der Waals surface area contributed by atoms with Crippen LogP contribution in [0.4, 0.5) is 15.8 Å². The quantitative estimate of drug-likeness (QED) is 0.925. The summed E-state index contributed by atoms with van der Waals surface area (Å²) in [6, 6.07) is 9.53. The Morgan fingerprint density at radius 3 is 2.54 bits per heavy atom. The maximum atomic E-state index is 13.7. The first kappa shape index (κ1) is 16.2. The molecular formula is C19H18FNO3. The van der Waals surface area contributed by atoms with Gasteiger partial charge in [0.2, 0.25) is 5.91 Å². The molecule has 1 aliphatic heterocycles. The molecule has 5 heteroatoms. The van der Waals surface area contributed by atoms with Crippen molar-refractivity contribution in [1.29, 1.82) is 0 Å². The van der Waals surface area contributed by atoms with E-state index in [9.17, 15) is 14.0 Å². The Kier molecular flexibility index (Phi) is 3.67. The molecule has 4 nitrogen and oxygen atoms in total. The topological polar surface area (TPSA) is 57.6 Å². The largest absolute Gasteiger partial charge is 0.478 e. The molecule has 2 aromatic carbocycles. The van der Waals surface area contributed by atoms with Crippen molar-refractivity contribution >= 4 is 23.3 Å². The van der Waals surface area contributed by atoms with Gasteiger partial charge < -0.3 is 5.11 Å². The number of hydrogen-bond donors (Lipinski definition) is 1. The molecule has 2 aromatic rings. The van der Waals surface area contributed by atoms with E-state index >= 15 is 0 Å². The number of carbonyl (C=O) groups excluding carboxylic acids is 1. The van der Waals surface area contributed by atoms with E-state index < -0.39 is 22.8 Å². The van der Waals surface area contributed by atoms with Crippen molar-refractivity contribution < 1.29 is 19.1 Å². The van der Waals surface area contributed by atoms with Crippen LogP contribution < -0.4 is 4.90 Å². The fourth-order valence-corrected chi connectivity index (χ4v) is 3.08. The van der Waals surface area contributed by atoms with Gasteiger partial charge in [-0.2, -0.15) is 0 Å². The fourth-order valence-electron chi connectivity index (χ4n) is 3.08. The summed E-state index contributed by atoms with van der Waals surface area (Å²) in [5.41, 5.74) is 1.92. The van der Waals surface area contributed by atoms with E-state index in [-0.39, 0.29) is 5.91 Å². The van der Waals surface area contributed by atoms with Gasteiger partial charge in [-0.15, -0.1) is 0 Å². The molecule has 1 aliphatic rings. The molecule has 0 atom stereocenters. The van der Waals surface area contributed by atoms with Crippen molar-refractivity contribution in [3.63, 3.8) is 0 Å². The second kappa shape index (κ2) is 5.44. The summed E-state index contributed by atoms with van der Waals surface area (Å²) in [5, 5.41) is 9.12. The molecule has 0 aromatic heterocycles. The zero-order valence-electron chi connectivity index (χ0n) is 13.8. The number of amides is 1. The number of aryl methyl sites for hydroxylation is 1. The van der Waals surface area contributed by atoms with E-state index in [1.54, 1.807) is 0 Å². The van der Waals surface area contributed by atoms with E-state index in [2.05, 4.69) is 0 Å². The Morgan fingerprint density at radius 2 is 1.92 bits per heavy atom. The average molecular weight is 327 g/mol. The van der Waals surface area contributed by atoms with Gasteiger partial charge in [0.05, 0.1) is 16.7 Å². The number of nitrogens with zero attached hydrogens (tertiary/aromatic N) is 1. The Morgan fingerprint density at radius 1 is 1.21 bits per heavy atom. The van der Waals surface area contributed by atoms with Crippen molar-refractivity contribution in [3.8, 4) is 0 Å². The van der Waals surface area contributed by atoms with Crippen LogP contribution >= 0.6 is 0 Å². The molecule has 0 bridgehead atoms. The summed E-state index contributed by atoms with van der Waals surface area (Å²) in [5.74, 6) is -2.34. The number of halogens is 1. The zero-order chi connectivity index (χ0) is 17.6. The fraction of sp³-hybridized carbons (Fsp3) is 0.263. The summed E-state index contributed by atoms with van der Waals surface area (Å²) in [7, 11) is 0. The molecule has 0 saturated carbocycles. The zero-order valence-corrected chi connectivity index (χ0v) is 13.8. The van der Waals surface area contributed by atoms with Gasteiger partial charge in [-0.1, -0.05) is 19.1 Å². The summed E-state index contributed by atoms with van der Waals surface area (Å²) < 4.78 is 13.7. The third kappa shape index (κ3) is 2.28. The number of hydrogen-bond acceptors (Lipinski definition) is 2. The monoisotopic (exact) mass is 327 g/mol. The molecule has 0 spiro atoms. The second-order valence-corrected chi connectivity index (χ2v) is 6.44. The maximum Gasteiger partial charge on any atom is 0.338 e. The van der Waals surface area contributed by atoms with Crippen LogP contribution in [-0.2, 0) is 16.6 Å². The van der Waals surface area contributed by atoms with Crippen LogP contribution in [0.1, 0.15) is 42.3 Å². The van der Waals surface area contributed by atoms with Crippen molar-refractivity contribution in [2.45, 2.75) is 32.6 Å². The third-order valence-electron chi connectivity index (χ3n) is 4.56. The Balaban J connectivity index is 2.19. The minimum atomic E-state index is -1.36. The predicted octanol–water partition coefficient (Wildman–Crippen LogP) is 4.04. The predicted molar refractivity (Wildman–Crippen MR) is 89.4 cm³/mol. The highest BCUT2D eigenvalue weighted by molar-refractivity contribution is 6.12. The lowest BCUT2D eigenvalue weighted by Gasteiger charge is -2.21. The van der Waals surface area contributed by atoms with Crippen LogP contribution in [0.5, 0.6) is 0 Å². The molecule has 1 heterocycles. The minimum absolute atomic E-state index is 0.159. The number of carboxylic acid groups (broad SMARTS) is 1. The van der Waals surface area contributed by atoms with E-state index in [1.165, 1.54) is 17.0 Å². The van der Waals surface area contributed by atoms with Crippen LogP contribution in [0.25, 0.3) is 0 Å². The average Bonchev–Trinajstić information content (AvgIpc) is 2.74. The molecule has 124 valence electrons. The molecule has 3 rings (SSSR count). The van der Waals surface area contributed by atoms with Crippen molar-refractivity contribution in [3.05, 3.63) is 58.9 Å². The number of fused-ring (bicyclic) bond motifs is 1. The molecule has 0 fully saturated rings. The van der Waals surface area contributed by atoms with E-state index in [0.29, 0.717) is 11.4 Å². The van der Waals surface area contributed by atoms with Crippen molar-refractivity contribution in [2.24, 2.45) is 0 Å². The first-order chi connectivity index (χ1) is 11.3. The van der Waals surface area contributed by atoms with Gasteiger partial charge in [0.1, 0.15) is 5.82 Å². The van der Waals surface area contributed by atoms with Crippen LogP contribution in [0.3, 0.4) is 0 Å². The highest BCUT2D eigenvalue weighted by atomic mass is 19.1. The molecular weight excluding hydrogens is 309 g/mol. The summed E-state index contributed by atoms with van der Waals surface area (Å²) in [4.78, 5) is 25.6. The molecule has 0 radical (unpaired) electrons. The van der Waals surface area contributed by atoms with Crippen molar-refractivity contribution in [2.75, 3.05) is 4.90 Å². The normalized spacial score (nSPS) is 15.5. The lowest BCUT2D eigenvalue weighted by molar-refractivity contribution is -0.121. The number of aromatic carboxylic acids is 1. The van der Waals surface area contributed by atoms with Gasteiger partial charge >= 0.3 is 5.97 Å². The van der Waals surface area contributed by atoms with Gasteiger partial charge in [0.15, 0.2) is 0 Å². The Hall–Kier alpha value is -2.69. The SMILES string of the molecule is CCc1ccc2c(c1)C(C)(C)C(=O)N2c1ccc(F)c(C(=O)O)c1. The minimum Gasteiger partial charge on any atom is -0.478 e. The van der Waals surface area contributed by atoms with Gasteiger partial charge in [0.25, 0.3) is 0 Å². The van der Waals surface area contributed by atoms with Gasteiger partial charge in [0, 0.05) is 5.69 Å².